The summed E-state index contributed by atoms with van der Waals surface area (Å²) in [6.07, 6.45) is 6.15. The molecular formula is C12H22N6O. The number of likely N-dealkylation sites (tertiary alicyclic amines) is 1. The molecule has 0 bridgehead atoms. The number of hydrogen-bond acceptors (Lipinski definition) is 4. The van der Waals surface area contributed by atoms with Gasteiger partial charge in [0.1, 0.15) is 0 Å². The molecule has 1 saturated heterocycles. The van der Waals surface area contributed by atoms with Gasteiger partial charge in [0.05, 0.1) is 6.04 Å². The van der Waals surface area contributed by atoms with Gasteiger partial charge in [-0.15, -0.1) is 0 Å². The van der Waals surface area contributed by atoms with Gasteiger partial charge >= 0.3 is 0 Å². The number of amides is 1. The molecule has 19 heavy (non-hydrogen) atoms. The Labute approximate surface area is 113 Å². The number of nitrogens with zero attached hydrogens (tertiary/aromatic N) is 3. The van der Waals surface area contributed by atoms with Crippen LogP contribution in [0.15, 0.2) is 4.99 Å². The van der Waals surface area contributed by atoms with Crippen LogP contribution in [0, 0.1) is 11.5 Å². The van der Waals surface area contributed by atoms with Crippen LogP contribution in [0.2, 0.25) is 0 Å². The van der Waals surface area contributed by atoms with Crippen molar-refractivity contribution in [1.29, 1.82) is 5.26 Å². The van der Waals surface area contributed by atoms with E-state index in [9.17, 15) is 4.79 Å². The molecular weight excluding hydrogens is 244 g/mol. The molecule has 1 fully saturated rings. The Morgan fingerprint density at radius 1 is 1.42 bits per heavy atom. The number of rotatable bonds is 6. The lowest BCUT2D eigenvalue weighted by Crippen LogP contribution is -2.42. The number of nitriles is 1. The highest BCUT2D eigenvalue weighted by Gasteiger charge is 2.22. The van der Waals surface area contributed by atoms with E-state index in [0.29, 0.717) is 13.0 Å². The van der Waals surface area contributed by atoms with Gasteiger partial charge in [0.15, 0.2) is 6.19 Å². The Morgan fingerprint density at radius 3 is 2.74 bits per heavy atom. The Hall–Kier alpha value is -1.81. The van der Waals surface area contributed by atoms with Gasteiger partial charge in [-0.25, -0.2) is 0 Å². The minimum Gasteiger partial charge on any atom is -0.369 e. The van der Waals surface area contributed by atoms with Crippen LogP contribution in [0.25, 0.3) is 0 Å². The Morgan fingerprint density at radius 2 is 2.11 bits per heavy atom. The van der Waals surface area contributed by atoms with E-state index >= 15 is 0 Å². The van der Waals surface area contributed by atoms with Crippen molar-refractivity contribution in [2.45, 2.75) is 38.1 Å². The fourth-order valence-electron chi connectivity index (χ4n) is 2.07. The van der Waals surface area contributed by atoms with E-state index in [-0.39, 0.29) is 11.9 Å². The molecule has 1 atom stereocenters. The van der Waals surface area contributed by atoms with Crippen molar-refractivity contribution in [3.8, 4) is 6.19 Å². The summed E-state index contributed by atoms with van der Waals surface area (Å²) < 4.78 is 0. The summed E-state index contributed by atoms with van der Waals surface area (Å²) in [5.74, 6) is 0.187. The molecule has 0 aromatic carbocycles. The average Bonchev–Trinajstić information content (AvgIpc) is 2.91. The molecule has 0 aromatic rings. The number of carbonyl (C=O) groups excluding carboxylic acids is 1. The van der Waals surface area contributed by atoms with Crippen molar-refractivity contribution >= 4 is 11.9 Å². The molecule has 0 aromatic heterocycles. The lowest BCUT2D eigenvalue weighted by molar-refractivity contribution is -0.131. The zero-order chi connectivity index (χ0) is 14.1. The molecule has 1 amide bonds. The van der Waals surface area contributed by atoms with Crippen molar-refractivity contribution < 1.29 is 4.79 Å². The molecule has 1 unspecified atom stereocenters. The van der Waals surface area contributed by atoms with Gasteiger partial charge in [0.2, 0.25) is 11.9 Å². The summed E-state index contributed by atoms with van der Waals surface area (Å²) in [7, 11) is 0. The smallest absolute Gasteiger partial charge is 0.239 e. The van der Waals surface area contributed by atoms with Gasteiger partial charge in [-0.2, -0.15) is 5.26 Å². The Balaban J connectivity index is 2.13. The molecule has 0 spiro atoms. The largest absolute Gasteiger partial charge is 0.369 e. The van der Waals surface area contributed by atoms with Crippen molar-refractivity contribution in [3.05, 3.63) is 0 Å². The van der Waals surface area contributed by atoms with Crippen molar-refractivity contribution in [2.75, 3.05) is 19.6 Å². The third kappa shape index (κ3) is 5.57. The zero-order valence-corrected chi connectivity index (χ0v) is 11.1. The molecule has 1 aliphatic rings. The number of nitrogens with two attached hydrogens (primary N) is 2. The zero-order valence-electron chi connectivity index (χ0n) is 11.1. The number of hydrogen-bond donors (Lipinski definition) is 3. The first-order valence-corrected chi connectivity index (χ1v) is 6.64. The van der Waals surface area contributed by atoms with E-state index in [1.54, 1.807) is 6.19 Å². The SMILES string of the molecule is N#CNC(N)=NCCCCC(N)C(=O)N1CCCC1. The molecule has 5 N–H and O–H groups in total. The van der Waals surface area contributed by atoms with Crippen LogP contribution in [0.1, 0.15) is 32.1 Å². The molecule has 106 valence electrons. The first-order valence-electron chi connectivity index (χ1n) is 6.64. The maximum atomic E-state index is 11.9. The van der Waals surface area contributed by atoms with Crippen LogP contribution in [0.5, 0.6) is 0 Å². The molecule has 0 radical (unpaired) electrons. The number of nitrogens with one attached hydrogen (secondary N) is 1. The molecule has 7 nitrogen and oxygen atoms in total. The van der Waals surface area contributed by atoms with Crippen molar-refractivity contribution in [1.82, 2.24) is 10.2 Å². The highest BCUT2D eigenvalue weighted by atomic mass is 16.2. The van der Waals surface area contributed by atoms with Crippen LogP contribution in [0.3, 0.4) is 0 Å². The number of aliphatic imine (C=N–C) groups is 1. The lowest BCUT2D eigenvalue weighted by Gasteiger charge is -2.19. The lowest BCUT2D eigenvalue weighted by atomic mass is 10.1. The standard InChI is InChI=1S/C12H22N6O/c13-9-17-12(15)16-6-2-1-5-10(14)11(19)18-7-3-4-8-18/h10H,1-8,14H2,(H3,15,16,17). The van der Waals surface area contributed by atoms with Gasteiger partial charge in [-0.1, -0.05) is 0 Å². The number of carbonyl (C=O) groups is 1. The second-order valence-corrected chi connectivity index (χ2v) is 4.64. The minimum atomic E-state index is -0.406. The van der Waals surface area contributed by atoms with Gasteiger partial charge in [0.25, 0.3) is 0 Å². The third-order valence-corrected chi connectivity index (χ3v) is 3.12. The Bertz CT molecular complexity index is 356. The monoisotopic (exact) mass is 266 g/mol. The second kappa shape index (κ2) is 8.32. The predicted octanol–water partition coefficient (Wildman–Crippen LogP) is -0.508. The fraction of sp³-hybridized carbons (Fsp3) is 0.750. The van der Waals surface area contributed by atoms with Gasteiger partial charge < -0.3 is 16.4 Å². The second-order valence-electron chi connectivity index (χ2n) is 4.64. The predicted molar refractivity (Wildman–Crippen MR) is 72.9 cm³/mol. The van der Waals surface area contributed by atoms with Crippen LogP contribution in [-0.4, -0.2) is 42.4 Å². The van der Waals surface area contributed by atoms with E-state index in [1.807, 2.05) is 4.90 Å². The summed E-state index contributed by atoms with van der Waals surface area (Å²) in [6, 6.07) is -0.406. The van der Waals surface area contributed by atoms with Gasteiger partial charge in [0, 0.05) is 19.6 Å². The van der Waals surface area contributed by atoms with Crippen LogP contribution >= 0.6 is 0 Å². The summed E-state index contributed by atoms with van der Waals surface area (Å²) >= 11 is 0. The van der Waals surface area contributed by atoms with Gasteiger partial charge in [-0.05, 0) is 32.1 Å². The molecule has 1 rings (SSSR count). The van der Waals surface area contributed by atoms with Crippen molar-refractivity contribution in [2.24, 2.45) is 16.5 Å². The normalized spacial score (nSPS) is 17.1. The summed E-state index contributed by atoms with van der Waals surface area (Å²) in [5, 5.41) is 10.5. The van der Waals surface area contributed by atoms with Crippen LogP contribution in [-0.2, 0) is 4.79 Å². The highest BCUT2D eigenvalue weighted by molar-refractivity contribution is 5.81. The van der Waals surface area contributed by atoms with E-state index in [2.05, 4.69) is 10.3 Å². The summed E-state index contributed by atoms with van der Waals surface area (Å²) in [6.45, 7) is 2.21. The topological polar surface area (TPSA) is 121 Å². The maximum Gasteiger partial charge on any atom is 0.239 e. The molecule has 1 heterocycles. The summed E-state index contributed by atoms with van der Waals surface area (Å²) in [5.41, 5.74) is 11.3. The number of guanidine groups is 1. The first kappa shape index (κ1) is 15.2. The fourth-order valence-corrected chi connectivity index (χ4v) is 2.07. The van der Waals surface area contributed by atoms with E-state index < -0.39 is 6.04 Å². The molecule has 7 heteroatoms. The van der Waals surface area contributed by atoms with Crippen LogP contribution < -0.4 is 16.8 Å². The third-order valence-electron chi connectivity index (χ3n) is 3.12. The molecule has 0 aliphatic carbocycles. The maximum absolute atomic E-state index is 11.9. The quantitative estimate of drug-likeness (QED) is 0.197. The molecule has 0 saturated carbocycles. The highest BCUT2D eigenvalue weighted by Crippen LogP contribution is 2.10. The van der Waals surface area contributed by atoms with Gasteiger partial charge in [-0.3, -0.25) is 15.1 Å². The summed E-state index contributed by atoms with van der Waals surface area (Å²) in [4.78, 5) is 17.7. The average molecular weight is 266 g/mol. The van der Waals surface area contributed by atoms with E-state index in [4.69, 9.17) is 16.7 Å². The van der Waals surface area contributed by atoms with Crippen molar-refractivity contribution in [3.63, 3.8) is 0 Å². The minimum absolute atomic E-state index is 0.0617. The Kier molecular flexibility index (Phi) is 6.68. The van der Waals surface area contributed by atoms with E-state index in [1.165, 1.54) is 0 Å². The first-order chi connectivity index (χ1) is 9.15. The van der Waals surface area contributed by atoms with Crippen LogP contribution in [0.4, 0.5) is 0 Å². The number of unbranched alkanes of at least 4 members (excludes halogenated alkanes) is 1. The van der Waals surface area contributed by atoms with E-state index in [0.717, 1.165) is 38.8 Å². The molecule has 1 aliphatic heterocycles.